The summed E-state index contributed by atoms with van der Waals surface area (Å²) in [6.07, 6.45) is 0.836. The maximum absolute atomic E-state index is 12.6. The van der Waals surface area contributed by atoms with Crippen LogP contribution in [-0.2, 0) is 11.2 Å². The Kier molecular flexibility index (Phi) is 4.95. The molecule has 4 nitrogen and oxygen atoms in total. The fourth-order valence-electron chi connectivity index (χ4n) is 2.70. The number of carbonyl (C=O) groups excluding carboxylic acids is 1. The molecule has 1 unspecified atom stereocenters. The molecule has 1 N–H and O–H groups in total. The highest BCUT2D eigenvalue weighted by Crippen LogP contribution is 2.47. The van der Waals surface area contributed by atoms with Crippen molar-refractivity contribution in [3.8, 4) is 5.75 Å². The van der Waals surface area contributed by atoms with Gasteiger partial charge in [0.05, 0.1) is 5.02 Å². The van der Waals surface area contributed by atoms with Gasteiger partial charge in [0.1, 0.15) is 15.6 Å². The van der Waals surface area contributed by atoms with Crippen molar-refractivity contribution in [1.29, 1.82) is 0 Å². The van der Waals surface area contributed by atoms with Crippen LogP contribution in [0, 0.1) is 5.92 Å². The normalized spacial score (nSPS) is 20.4. The number of alkyl halides is 1. The summed E-state index contributed by atoms with van der Waals surface area (Å²) < 4.78 is 5.12. The van der Waals surface area contributed by atoms with Gasteiger partial charge in [-0.25, -0.2) is 4.79 Å². The highest BCUT2D eigenvalue weighted by atomic mass is 35.5. The van der Waals surface area contributed by atoms with E-state index < -0.39 is 17.5 Å². The molecule has 0 heterocycles. The van der Waals surface area contributed by atoms with Gasteiger partial charge in [-0.2, -0.15) is 0 Å². The minimum absolute atomic E-state index is 0.0282. The van der Waals surface area contributed by atoms with E-state index >= 15 is 0 Å². The zero-order valence-electron chi connectivity index (χ0n) is 12.1. The van der Waals surface area contributed by atoms with Crippen LogP contribution < -0.4 is 4.74 Å². The molecule has 0 saturated heterocycles. The summed E-state index contributed by atoms with van der Waals surface area (Å²) in [6.45, 7) is 3.42. The van der Waals surface area contributed by atoms with E-state index in [1.54, 1.807) is 6.07 Å². The molecule has 0 amide bonds. The van der Waals surface area contributed by atoms with Gasteiger partial charge < -0.3 is 9.84 Å². The average Bonchev–Trinajstić information content (AvgIpc) is 2.63. The molecule has 2 rings (SSSR count). The summed E-state index contributed by atoms with van der Waals surface area (Å²) in [4.78, 5) is 22.2. The van der Waals surface area contributed by atoms with E-state index in [1.807, 2.05) is 13.8 Å². The molecule has 0 fully saturated rings. The number of ether oxygens (including phenoxy) is 1. The Hall–Kier alpha value is -0.970. The fourth-order valence-corrected chi connectivity index (χ4v) is 3.75. The molecule has 0 spiro atoms. The number of carboxylic acid groups (broad SMARTS) is 1. The first-order valence-electron chi connectivity index (χ1n) is 6.75. The number of aliphatic carboxylic acids is 1. The molecule has 0 aromatic heterocycles. The van der Waals surface area contributed by atoms with Crippen molar-refractivity contribution in [2.24, 2.45) is 5.92 Å². The summed E-state index contributed by atoms with van der Waals surface area (Å²) in [6, 6.07) is 1.55. The second kappa shape index (κ2) is 6.26. The first kappa shape index (κ1) is 17.4. The van der Waals surface area contributed by atoms with E-state index in [1.165, 1.54) is 0 Å². The van der Waals surface area contributed by atoms with E-state index in [-0.39, 0.29) is 27.5 Å². The minimum Gasteiger partial charge on any atom is -0.480 e. The SMILES string of the molecule is CC(C)CC1(Cl)Cc2cc(OCC(=O)O)c(Cl)c(Cl)c2C1=O. The van der Waals surface area contributed by atoms with Crippen molar-refractivity contribution in [1.82, 2.24) is 0 Å². The highest BCUT2D eigenvalue weighted by Gasteiger charge is 2.46. The van der Waals surface area contributed by atoms with E-state index in [0.29, 0.717) is 24.0 Å². The first-order chi connectivity index (χ1) is 10.2. The summed E-state index contributed by atoms with van der Waals surface area (Å²) in [5, 5.41) is 8.77. The lowest BCUT2D eigenvalue weighted by Crippen LogP contribution is -2.31. The molecule has 1 aliphatic carbocycles. The molecule has 0 radical (unpaired) electrons. The molecule has 0 saturated carbocycles. The van der Waals surface area contributed by atoms with Crippen molar-refractivity contribution >= 4 is 46.6 Å². The third-order valence-electron chi connectivity index (χ3n) is 3.44. The van der Waals surface area contributed by atoms with E-state index in [0.717, 1.165) is 0 Å². The third-order valence-corrected chi connectivity index (χ3v) is 4.75. The van der Waals surface area contributed by atoms with Gasteiger partial charge in [-0.15, -0.1) is 11.6 Å². The minimum atomic E-state index is -1.13. The Balaban J connectivity index is 2.41. The monoisotopic (exact) mass is 364 g/mol. The second-order valence-corrected chi connectivity index (χ2v) is 7.27. The number of ketones is 1. The van der Waals surface area contributed by atoms with Gasteiger partial charge in [-0.05, 0) is 30.4 Å². The van der Waals surface area contributed by atoms with Crippen molar-refractivity contribution < 1.29 is 19.4 Å². The predicted molar refractivity (Wildman–Crippen MR) is 85.7 cm³/mol. The van der Waals surface area contributed by atoms with Crippen LogP contribution in [0.5, 0.6) is 5.75 Å². The smallest absolute Gasteiger partial charge is 0.341 e. The number of halogens is 3. The molecule has 0 bridgehead atoms. The van der Waals surface area contributed by atoms with Gasteiger partial charge in [0.15, 0.2) is 12.4 Å². The molecular formula is C15H15Cl3O4. The Morgan fingerprint density at radius 3 is 2.59 bits per heavy atom. The van der Waals surface area contributed by atoms with Crippen LogP contribution >= 0.6 is 34.8 Å². The van der Waals surface area contributed by atoms with Gasteiger partial charge >= 0.3 is 5.97 Å². The van der Waals surface area contributed by atoms with Crippen LogP contribution in [0.4, 0.5) is 0 Å². The quantitative estimate of drug-likeness (QED) is 0.794. The number of carbonyl (C=O) groups is 2. The Morgan fingerprint density at radius 1 is 1.41 bits per heavy atom. The number of benzene rings is 1. The lowest BCUT2D eigenvalue weighted by molar-refractivity contribution is -0.139. The molecule has 1 aliphatic rings. The maximum Gasteiger partial charge on any atom is 0.341 e. The number of hydrogen-bond donors (Lipinski definition) is 1. The number of fused-ring (bicyclic) bond motifs is 1. The first-order valence-corrected chi connectivity index (χ1v) is 7.88. The number of hydrogen-bond acceptors (Lipinski definition) is 3. The molecule has 1 atom stereocenters. The van der Waals surface area contributed by atoms with Crippen LogP contribution in [0.1, 0.15) is 36.2 Å². The molecule has 1 aromatic carbocycles. The van der Waals surface area contributed by atoms with E-state index in [2.05, 4.69) is 0 Å². The molecule has 120 valence electrons. The maximum atomic E-state index is 12.6. The number of carboxylic acids is 1. The number of Topliss-reactive ketones (excluding diaryl/α,β-unsaturated/α-hetero) is 1. The van der Waals surface area contributed by atoms with Crippen molar-refractivity contribution in [2.45, 2.75) is 31.6 Å². The standard InChI is InChI=1S/C15H15Cl3O4/c1-7(2)4-15(18)5-8-3-9(22-6-10(19)20)12(16)13(17)11(8)14(15)21/h3,7H,4-6H2,1-2H3,(H,19,20). The van der Waals surface area contributed by atoms with Crippen LogP contribution in [-0.4, -0.2) is 28.3 Å². The Morgan fingerprint density at radius 2 is 2.05 bits per heavy atom. The van der Waals surface area contributed by atoms with Crippen LogP contribution in [0.15, 0.2) is 6.07 Å². The molecule has 1 aromatic rings. The predicted octanol–water partition coefficient (Wildman–Crippen LogP) is 4.22. The summed E-state index contributed by atoms with van der Waals surface area (Å²) in [5.41, 5.74) is 0.945. The zero-order valence-corrected chi connectivity index (χ0v) is 14.3. The molecule has 0 aliphatic heterocycles. The van der Waals surface area contributed by atoms with Crippen LogP contribution in [0.2, 0.25) is 10.0 Å². The Bertz CT molecular complexity index is 642. The highest BCUT2D eigenvalue weighted by molar-refractivity contribution is 6.48. The third kappa shape index (κ3) is 3.19. The van der Waals surface area contributed by atoms with Crippen LogP contribution in [0.25, 0.3) is 0 Å². The molecule has 22 heavy (non-hydrogen) atoms. The largest absolute Gasteiger partial charge is 0.480 e. The van der Waals surface area contributed by atoms with Crippen LogP contribution in [0.3, 0.4) is 0 Å². The zero-order chi connectivity index (χ0) is 16.7. The fraction of sp³-hybridized carbons (Fsp3) is 0.467. The number of rotatable bonds is 5. The Labute approximate surface area is 143 Å². The van der Waals surface area contributed by atoms with Gasteiger partial charge in [-0.3, -0.25) is 4.79 Å². The van der Waals surface area contributed by atoms with E-state index in [9.17, 15) is 9.59 Å². The summed E-state index contributed by atoms with van der Waals surface area (Å²) >= 11 is 18.8. The second-order valence-electron chi connectivity index (χ2n) is 5.79. The van der Waals surface area contributed by atoms with Crippen molar-refractivity contribution in [3.05, 3.63) is 27.2 Å². The van der Waals surface area contributed by atoms with Gasteiger partial charge in [0.2, 0.25) is 0 Å². The molecular weight excluding hydrogens is 351 g/mol. The molecule has 7 heteroatoms. The van der Waals surface area contributed by atoms with Gasteiger partial charge in [0.25, 0.3) is 0 Å². The van der Waals surface area contributed by atoms with Gasteiger partial charge in [-0.1, -0.05) is 37.0 Å². The topological polar surface area (TPSA) is 63.6 Å². The summed E-state index contributed by atoms with van der Waals surface area (Å²) in [5.74, 6) is -0.983. The summed E-state index contributed by atoms with van der Waals surface area (Å²) in [7, 11) is 0. The average molecular weight is 366 g/mol. The lowest BCUT2D eigenvalue weighted by atomic mass is 9.93. The van der Waals surface area contributed by atoms with Gasteiger partial charge in [0, 0.05) is 5.56 Å². The van der Waals surface area contributed by atoms with Crippen molar-refractivity contribution in [2.75, 3.05) is 6.61 Å². The van der Waals surface area contributed by atoms with E-state index in [4.69, 9.17) is 44.6 Å². The lowest BCUT2D eigenvalue weighted by Gasteiger charge is -2.21. The van der Waals surface area contributed by atoms with Crippen molar-refractivity contribution in [3.63, 3.8) is 0 Å².